The van der Waals surface area contributed by atoms with Crippen LogP contribution >= 0.6 is 0 Å². The number of rotatable bonds is 4. The van der Waals surface area contributed by atoms with Gasteiger partial charge in [0.2, 0.25) is 9.84 Å². The third-order valence-electron chi connectivity index (χ3n) is 4.59. The molecule has 4 rings (SSSR count). The molecule has 2 heterocycles. The lowest BCUT2D eigenvalue weighted by molar-refractivity contribution is 0.0952. The number of fused-ring (bicyclic) bond motifs is 2. The van der Waals surface area contributed by atoms with Crippen LogP contribution in [0.1, 0.15) is 32.0 Å². The minimum absolute atomic E-state index is 0.0276. The van der Waals surface area contributed by atoms with E-state index in [1.165, 1.54) is 30.3 Å². The maximum Gasteiger partial charge on any atom is 0.251 e. The SMILES string of the molecule is O=C(NCCc1ccccn1)c1ccc2c(c1)S(=O)(=O)c1ccccc1C2=O. The molecule has 0 bridgehead atoms. The molecule has 0 spiro atoms. The Labute approximate surface area is 162 Å². The summed E-state index contributed by atoms with van der Waals surface area (Å²) in [5.74, 6) is -0.761. The molecule has 0 radical (unpaired) electrons. The molecule has 7 heteroatoms. The Balaban J connectivity index is 1.59. The van der Waals surface area contributed by atoms with Crippen LogP contribution in [0.5, 0.6) is 0 Å². The third-order valence-corrected chi connectivity index (χ3v) is 6.44. The molecule has 0 fully saturated rings. The Kier molecular flexibility index (Phi) is 4.52. The number of carbonyl (C=O) groups is 2. The molecule has 1 amide bonds. The number of hydrogen-bond donors (Lipinski definition) is 1. The Bertz CT molecular complexity index is 1190. The molecule has 6 nitrogen and oxygen atoms in total. The van der Waals surface area contributed by atoms with Gasteiger partial charge in [-0.15, -0.1) is 0 Å². The second kappa shape index (κ2) is 7.01. The minimum Gasteiger partial charge on any atom is -0.352 e. The first-order valence-electron chi connectivity index (χ1n) is 8.69. The van der Waals surface area contributed by atoms with E-state index in [1.807, 2.05) is 18.2 Å². The van der Waals surface area contributed by atoms with Crippen LogP contribution in [0.15, 0.2) is 76.7 Å². The van der Waals surface area contributed by atoms with Gasteiger partial charge in [0.15, 0.2) is 5.78 Å². The van der Waals surface area contributed by atoms with Crippen LogP contribution in [0.3, 0.4) is 0 Å². The molecule has 1 aliphatic rings. The molecule has 1 N–H and O–H groups in total. The summed E-state index contributed by atoms with van der Waals surface area (Å²) in [6.45, 7) is 0.363. The Morgan fingerprint density at radius 3 is 2.46 bits per heavy atom. The van der Waals surface area contributed by atoms with Crippen molar-refractivity contribution in [2.24, 2.45) is 0 Å². The number of nitrogens with one attached hydrogen (secondary N) is 1. The molecule has 0 saturated carbocycles. The first kappa shape index (κ1) is 18.1. The summed E-state index contributed by atoms with van der Waals surface area (Å²) in [4.78, 5) is 29.1. The van der Waals surface area contributed by atoms with Crippen molar-refractivity contribution in [3.8, 4) is 0 Å². The Hall–Kier alpha value is -3.32. The summed E-state index contributed by atoms with van der Waals surface area (Å²) in [5.41, 5.74) is 1.28. The highest BCUT2D eigenvalue weighted by atomic mass is 32.2. The van der Waals surface area contributed by atoms with Gasteiger partial charge in [0.1, 0.15) is 0 Å². The molecule has 0 saturated heterocycles. The summed E-state index contributed by atoms with van der Waals surface area (Å²) in [6, 6.07) is 15.8. The number of amides is 1. The average molecular weight is 392 g/mol. The van der Waals surface area contributed by atoms with Crippen LogP contribution < -0.4 is 5.32 Å². The molecule has 1 aliphatic heterocycles. The minimum atomic E-state index is -3.86. The predicted octanol–water partition coefficient (Wildman–Crippen LogP) is 2.43. The van der Waals surface area contributed by atoms with Crippen molar-refractivity contribution in [1.29, 1.82) is 0 Å². The third kappa shape index (κ3) is 3.10. The van der Waals surface area contributed by atoms with E-state index in [0.29, 0.717) is 13.0 Å². The lowest BCUT2D eigenvalue weighted by Gasteiger charge is -2.19. The molecular weight excluding hydrogens is 376 g/mol. The van der Waals surface area contributed by atoms with Crippen LogP contribution in [-0.2, 0) is 16.3 Å². The maximum atomic E-state index is 12.9. The van der Waals surface area contributed by atoms with Crippen molar-refractivity contribution in [2.75, 3.05) is 6.54 Å². The Morgan fingerprint density at radius 1 is 0.929 bits per heavy atom. The van der Waals surface area contributed by atoms with Gasteiger partial charge in [0.25, 0.3) is 5.91 Å². The monoisotopic (exact) mass is 392 g/mol. The summed E-state index contributed by atoms with van der Waals surface area (Å²) in [7, 11) is -3.86. The van der Waals surface area contributed by atoms with Gasteiger partial charge in [-0.25, -0.2) is 8.42 Å². The number of hydrogen-bond acceptors (Lipinski definition) is 5. The average Bonchev–Trinajstić information content (AvgIpc) is 2.73. The van der Waals surface area contributed by atoms with Crippen molar-refractivity contribution in [1.82, 2.24) is 10.3 Å². The fourth-order valence-electron chi connectivity index (χ4n) is 3.18. The van der Waals surface area contributed by atoms with Crippen molar-refractivity contribution >= 4 is 21.5 Å². The molecule has 2 aromatic carbocycles. The van der Waals surface area contributed by atoms with Crippen LogP contribution in [0, 0.1) is 0 Å². The van der Waals surface area contributed by atoms with Crippen LogP contribution in [0.25, 0.3) is 0 Å². The van der Waals surface area contributed by atoms with E-state index in [4.69, 9.17) is 0 Å². The van der Waals surface area contributed by atoms with Gasteiger partial charge in [-0.2, -0.15) is 0 Å². The van der Waals surface area contributed by atoms with E-state index in [9.17, 15) is 18.0 Å². The number of aromatic nitrogens is 1. The van der Waals surface area contributed by atoms with Crippen molar-refractivity contribution in [3.05, 3.63) is 89.2 Å². The normalized spacial score (nSPS) is 14.1. The van der Waals surface area contributed by atoms with Crippen LogP contribution in [0.4, 0.5) is 0 Å². The topological polar surface area (TPSA) is 93.2 Å². The van der Waals surface area contributed by atoms with Crippen molar-refractivity contribution < 1.29 is 18.0 Å². The maximum absolute atomic E-state index is 12.9. The largest absolute Gasteiger partial charge is 0.352 e. The van der Waals surface area contributed by atoms with E-state index in [1.54, 1.807) is 18.3 Å². The zero-order chi connectivity index (χ0) is 19.7. The molecule has 1 aromatic heterocycles. The second-order valence-electron chi connectivity index (χ2n) is 6.37. The van der Waals surface area contributed by atoms with Gasteiger partial charge < -0.3 is 5.32 Å². The van der Waals surface area contributed by atoms with Gasteiger partial charge in [0.05, 0.1) is 9.79 Å². The van der Waals surface area contributed by atoms with Crippen LogP contribution in [-0.4, -0.2) is 31.6 Å². The first-order valence-corrected chi connectivity index (χ1v) is 10.2. The summed E-state index contributed by atoms with van der Waals surface area (Å²) in [6.07, 6.45) is 2.24. The number of benzene rings is 2. The second-order valence-corrected chi connectivity index (χ2v) is 8.25. The van der Waals surface area contributed by atoms with Gasteiger partial charge in [-0.3, -0.25) is 14.6 Å². The lowest BCUT2D eigenvalue weighted by atomic mass is 10.0. The van der Waals surface area contributed by atoms with Crippen LogP contribution in [0.2, 0.25) is 0 Å². The molecule has 0 aliphatic carbocycles. The van der Waals surface area contributed by atoms with E-state index in [0.717, 1.165) is 5.69 Å². The fourth-order valence-corrected chi connectivity index (χ4v) is 4.86. The standard InChI is InChI=1S/C21H16N2O4S/c24-20-16-6-1-2-7-18(16)28(26,27)19-13-14(8-9-17(19)20)21(25)23-12-10-15-5-3-4-11-22-15/h1-9,11,13H,10,12H2,(H,23,25). The Morgan fingerprint density at radius 2 is 1.68 bits per heavy atom. The smallest absolute Gasteiger partial charge is 0.251 e. The number of sulfone groups is 1. The highest BCUT2D eigenvalue weighted by Gasteiger charge is 2.34. The number of carbonyl (C=O) groups excluding carboxylic acids is 2. The fraction of sp³-hybridized carbons (Fsp3) is 0.0952. The molecular formula is C21H16N2O4S. The van der Waals surface area contributed by atoms with Crippen molar-refractivity contribution in [3.63, 3.8) is 0 Å². The van der Waals surface area contributed by atoms with Gasteiger partial charge in [-0.05, 0) is 42.5 Å². The van der Waals surface area contributed by atoms with Gasteiger partial charge in [-0.1, -0.05) is 18.2 Å². The van der Waals surface area contributed by atoms with Crippen molar-refractivity contribution in [2.45, 2.75) is 16.2 Å². The number of pyridine rings is 1. The summed E-state index contributed by atoms with van der Waals surface area (Å²) >= 11 is 0. The zero-order valence-electron chi connectivity index (χ0n) is 14.8. The number of nitrogens with zero attached hydrogens (tertiary/aromatic N) is 1. The lowest BCUT2D eigenvalue weighted by Crippen LogP contribution is -2.27. The molecule has 3 aromatic rings. The molecule has 0 atom stereocenters. The zero-order valence-corrected chi connectivity index (χ0v) is 15.6. The van der Waals surface area contributed by atoms with Gasteiger partial charge >= 0.3 is 0 Å². The quantitative estimate of drug-likeness (QED) is 0.576. The highest BCUT2D eigenvalue weighted by Crippen LogP contribution is 2.34. The van der Waals surface area contributed by atoms with E-state index in [2.05, 4.69) is 10.3 Å². The van der Waals surface area contributed by atoms with E-state index < -0.39 is 15.7 Å². The molecule has 28 heavy (non-hydrogen) atoms. The van der Waals surface area contributed by atoms with E-state index >= 15 is 0 Å². The summed E-state index contributed by atoms with van der Waals surface area (Å²) in [5, 5.41) is 2.75. The first-order chi connectivity index (χ1) is 13.5. The van der Waals surface area contributed by atoms with Gasteiger partial charge in [0, 0.05) is 41.5 Å². The number of ketones is 1. The molecule has 0 unspecified atom stereocenters. The highest BCUT2D eigenvalue weighted by molar-refractivity contribution is 7.91. The molecule has 140 valence electrons. The predicted molar refractivity (Wildman–Crippen MR) is 102 cm³/mol. The summed E-state index contributed by atoms with van der Waals surface area (Å²) < 4.78 is 25.8. The van der Waals surface area contributed by atoms with E-state index in [-0.39, 0.29) is 32.3 Å².